The number of rotatable bonds is 9. The molecule has 0 radical (unpaired) electrons. The minimum Gasteiger partial charge on any atom is -0.355 e. The molecule has 0 heterocycles. The van der Waals surface area contributed by atoms with Crippen LogP contribution < -0.4 is 9.62 Å². The summed E-state index contributed by atoms with van der Waals surface area (Å²) in [7, 11) is -4.35. The molecule has 0 aliphatic heterocycles. The molecule has 0 unspecified atom stereocenters. The molecule has 0 spiro atoms. The van der Waals surface area contributed by atoms with E-state index in [4.69, 9.17) is 11.6 Å². The number of hydrogen-bond donors (Lipinski definition) is 1. The first-order chi connectivity index (χ1) is 16.5. The van der Waals surface area contributed by atoms with Crippen molar-refractivity contribution in [2.75, 3.05) is 17.4 Å². The fourth-order valence-corrected chi connectivity index (χ4v) is 5.03. The van der Waals surface area contributed by atoms with Gasteiger partial charge in [0.15, 0.2) is 0 Å². The molecule has 3 aromatic rings. The number of hydrogen-bond acceptors (Lipinski definition) is 3. The Morgan fingerprint density at radius 1 is 1.00 bits per heavy atom. The van der Waals surface area contributed by atoms with Gasteiger partial charge in [0.05, 0.1) is 21.2 Å². The van der Waals surface area contributed by atoms with E-state index in [9.17, 15) is 26.4 Å². The van der Waals surface area contributed by atoms with E-state index in [1.165, 1.54) is 12.1 Å². The first kappa shape index (κ1) is 26.6. The lowest BCUT2D eigenvalue weighted by Gasteiger charge is -2.25. The number of nitrogens with one attached hydrogen (secondary N) is 1. The van der Waals surface area contributed by atoms with Crippen LogP contribution >= 0.6 is 11.6 Å². The molecule has 3 rings (SSSR count). The van der Waals surface area contributed by atoms with Crippen LogP contribution in [0.25, 0.3) is 0 Å². The zero-order chi connectivity index (χ0) is 25.6. The molecule has 1 N–H and O–H groups in total. The minimum atomic E-state index is -4.80. The van der Waals surface area contributed by atoms with Crippen molar-refractivity contribution in [2.45, 2.75) is 30.8 Å². The second-order valence-corrected chi connectivity index (χ2v) is 10.2. The zero-order valence-corrected chi connectivity index (χ0v) is 20.4. The number of alkyl halides is 3. The van der Waals surface area contributed by atoms with Gasteiger partial charge in [0.1, 0.15) is 6.54 Å². The molecule has 0 aliphatic rings. The first-order valence-electron chi connectivity index (χ1n) is 10.8. The number of halogens is 4. The summed E-state index contributed by atoms with van der Waals surface area (Å²) >= 11 is 5.71. The van der Waals surface area contributed by atoms with Crippen LogP contribution in [-0.2, 0) is 27.4 Å². The molecule has 0 bridgehead atoms. The van der Waals surface area contributed by atoms with Crippen molar-refractivity contribution >= 4 is 33.2 Å². The summed E-state index contributed by atoms with van der Waals surface area (Å²) in [5, 5.41) is 2.08. The van der Waals surface area contributed by atoms with Crippen LogP contribution in [0, 0.1) is 6.92 Å². The molecular weight excluding hydrogens is 501 g/mol. The SMILES string of the molecule is Cc1ccc(S(=O)(=O)N(CC(=O)NCCCc2ccccc2)c2ccc(Cl)c(C(F)(F)F)c2)cc1. The lowest BCUT2D eigenvalue weighted by molar-refractivity contribution is -0.137. The normalized spacial score (nSPS) is 11.8. The van der Waals surface area contributed by atoms with E-state index in [1.54, 1.807) is 19.1 Å². The van der Waals surface area contributed by atoms with Crippen LogP contribution in [0.2, 0.25) is 5.02 Å². The molecule has 3 aromatic carbocycles. The lowest BCUT2D eigenvalue weighted by Crippen LogP contribution is -2.41. The second kappa shape index (κ2) is 11.1. The topological polar surface area (TPSA) is 66.5 Å². The number of sulfonamides is 1. The van der Waals surface area contributed by atoms with Crippen LogP contribution in [0.1, 0.15) is 23.1 Å². The van der Waals surface area contributed by atoms with Gasteiger partial charge in [-0.25, -0.2) is 8.42 Å². The van der Waals surface area contributed by atoms with Gasteiger partial charge < -0.3 is 5.32 Å². The number of carbonyl (C=O) groups excluding carboxylic acids is 1. The average Bonchev–Trinajstić information content (AvgIpc) is 2.81. The van der Waals surface area contributed by atoms with E-state index in [1.807, 2.05) is 30.3 Å². The Morgan fingerprint density at radius 3 is 2.29 bits per heavy atom. The van der Waals surface area contributed by atoms with Gasteiger partial charge in [-0.1, -0.05) is 59.6 Å². The Hall–Kier alpha value is -3.04. The van der Waals surface area contributed by atoms with Crippen LogP contribution in [0.5, 0.6) is 0 Å². The molecule has 0 saturated carbocycles. The van der Waals surface area contributed by atoms with E-state index < -0.39 is 39.2 Å². The fourth-order valence-electron chi connectivity index (χ4n) is 3.39. The molecule has 0 saturated heterocycles. The third kappa shape index (κ3) is 6.99. The van der Waals surface area contributed by atoms with Gasteiger partial charge in [-0.2, -0.15) is 13.2 Å². The Morgan fingerprint density at radius 2 is 1.66 bits per heavy atom. The predicted octanol–water partition coefficient (Wildman–Crippen LogP) is 5.61. The molecule has 35 heavy (non-hydrogen) atoms. The third-order valence-electron chi connectivity index (χ3n) is 5.25. The molecule has 0 fully saturated rings. The Kier molecular flexibility index (Phi) is 8.45. The number of benzene rings is 3. The molecule has 0 aliphatic carbocycles. The highest BCUT2D eigenvalue weighted by molar-refractivity contribution is 7.92. The third-order valence-corrected chi connectivity index (χ3v) is 7.36. The minimum absolute atomic E-state index is 0.150. The monoisotopic (exact) mass is 524 g/mol. The Labute approximate surface area is 207 Å². The highest BCUT2D eigenvalue weighted by Crippen LogP contribution is 2.38. The maximum absolute atomic E-state index is 13.4. The number of aryl methyl sites for hydroxylation is 2. The smallest absolute Gasteiger partial charge is 0.355 e. The van der Waals surface area contributed by atoms with Gasteiger partial charge >= 0.3 is 6.18 Å². The van der Waals surface area contributed by atoms with Gasteiger partial charge in [-0.15, -0.1) is 0 Å². The number of anilines is 1. The van der Waals surface area contributed by atoms with Crippen LogP contribution in [-0.4, -0.2) is 27.4 Å². The standard InChI is InChI=1S/C25H24ClF3N2O3S/c1-18-9-12-21(13-10-18)35(33,34)31(20-11-14-23(26)22(16-20)25(27,28)29)17-24(32)30-15-5-8-19-6-3-2-4-7-19/h2-4,6-7,9-14,16H,5,8,15,17H2,1H3,(H,30,32). The summed E-state index contributed by atoms with van der Waals surface area (Å²) < 4.78 is 67.7. The van der Waals surface area contributed by atoms with Crippen molar-refractivity contribution in [1.29, 1.82) is 0 Å². The van der Waals surface area contributed by atoms with E-state index in [-0.39, 0.29) is 17.1 Å². The highest BCUT2D eigenvalue weighted by atomic mass is 35.5. The number of carbonyl (C=O) groups is 1. The summed E-state index contributed by atoms with van der Waals surface area (Å²) in [5.74, 6) is -0.641. The molecule has 0 aromatic heterocycles. The average molecular weight is 525 g/mol. The maximum Gasteiger partial charge on any atom is 0.417 e. The molecule has 0 atom stereocenters. The lowest BCUT2D eigenvalue weighted by atomic mass is 10.1. The van der Waals surface area contributed by atoms with Crippen molar-refractivity contribution in [3.8, 4) is 0 Å². The van der Waals surface area contributed by atoms with E-state index in [2.05, 4.69) is 5.32 Å². The summed E-state index contributed by atoms with van der Waals surface area (Å²) in [6, 6.07) is 18.2. The van der Waals surface area contributed by atoms with Gasteiger partial charge in [-0.05, 0) is 55.7 Å². The van der Waals surface area contributed by atoms with Crippen LogP contribution in [0.3, 0.4) is 0 Å². The van der Waals surface area contributed by atoms with E-state index in [0.29, 0.717) is 23.2 Å². The molecule has 1 amide bonds. The summed E-state index contributed by atoms with van der Waals surface area (Å²) in [6.07, 6.45) is -3.48. The van der Waals surface area contributed by atoms with Gasteiger partial charge in [0, 0.05) is 6.54 Å². The van der Waals surface area contributed by atoms with E-state index >= 15 is 0 Å². The Balaban J connectivity index is 1.84. The van der Waals surface area contributed by atoms with Crippen molar-refractivity contribution in [1.82, 2.24) is 5.32 Å². The maximum atomic E-state index is 13.4. The molecule has 10 heteroatoms. The summed E-state index contributed by atoms with van der Waals surface area (Å²) in [4.78, 5) is 12.5. The largest absolute Gasteiger partial charge is 0.417 e. The van der Waals surface area contributed by atoms with Crippen molar-refractivity contribution in [2.24, 2.45) is 0 Å². The Bertz CT molecular complexity index is 1270. The fraction of sp³-hybridized carbons (Fsp3) is 0.240. The van der Waals surface area contributed by atoms with Gasteiger partial charge in [0.2, 0.25) is 5.91 Å². The van der Waals surface area contributed by atoms with Crippen LogP contribution in [0.4, 0.5) is 18.9 Å². The number of amides is 1. The second-order valence-electron chi connectivity index (χ2n) is 7.93. The summed E-state index contributed by atoms with van der Waals surface area (Å²) in [6.45, 7) is 1.35. The van der Waals surface area contributed by atoms with Crippen molar-refractivity contribution in [3.63, 3.8) is 0 Å². The van der Waals surface area contributed by atoms with Crippen LogP contribution in [0.15, 0.2) is 77.7 Å². The molecular formula is C25H24ClF3N2O3S. The quantitative estimate of drug-likeness (QED) is 0.370. The van der Waals surface area contributed by atoms with Gasteiger partial charge in [0.25, 0.3) is 10.0 Å². The molecule has 186 valence electrons. The number of nitrogens with zero attached hydrogens (tertiary/aromatic N) is 1. The highest BCUT2D eigenvalue weighted by Gasteiger charge is 2.35. The zero-order valence-electron chi connectivity index (χ0n) is 18.8. The van der Waals surface area contributed by atoms with Crippen molar-refractivity contribution in [3.05, 3.63) is 94.5 Å². The van der Waals surface area contributed by atoms with Gasteiger partial charge in [-0.3, -0.25) is 9.10 Å². The van der Waals surface area contributed by atoms with E-state index in [0.717, 1.165) is 23.3 Å². The predicted molar refractivity (Wildman–Crippen MR) is 130 cm³/mol. The van der Waals surface area contributed by atoms with Crippen molar-refractivity contribution < 1.29 is 26.4 Å². The molecule has 5 nitrogen and oxygen atoms in total. The summed E-state index contributed by atoms with van der Waals surface area (Å²) in [5.41, 5.74) is 0.384. The first-order valence-corrected chi connectivity index (χ1v) is 12.6.